The third kappa shape index (κ3) is 2.34. The van der Waals surface area contributed by atoms with Crippen LogP contribution in [0.2, 0.25) is 0 Å². The third-order valence-corrected chi connectivity index (χ3v) is 2.40. The number of hydrogen-bond acceptors (Lipinski definition) is 5. The van der Waals surface area contributed by atoms with Crippen molar-refractivity contribution < 1.29 is 14.5 Å². The highest BCUT2D eigenvalue weighted by Gasteiger charge is 2.26. The summed E-state index contributed by atoms with van der Waals surface area (Å²) < 4.78 is 4.46. The number of ether oxygens (including phenoxy) is 1. The minimum Gasteiger partial charge on any atom is -0.465 e. The van der Waals surface area contributed by atoms with E-state index in [1.54, 1.807) is 0 Å². The zero-order valence-corrected chi connectivity index (χ0v) is 9.52. The van der Waals surface area contributed by atoms with E-state index in [1.807, 2.05) is 6.07 Å². The van der Waals surface area contributed by atoms with Gasteiger partial charge < -0.3 is 4.74 Å². The summed E-state index contributed by atoms with van der Waals surface area (Å²) in [5.41, 5.74) is -0.473. The SMILES string of the molecule is COC(=O)c1c([N+](=O)[O-])ccc(C#N)c1CCl. The molecule has 0 saturated heterocycles. The summed E-state index contributed by atoms with van der Waals surface area (Å²) in [5, 5.41) is 19.6. The number of nitriles is 1. The molecule has 1 aromatic carbocycles. The number of nitrogens with zero attached hydrogens (tertiary/aromatic N) is 2. The molecule has 1 aromatic rings. The first-order valence-electron chi connectivity index (χ1n) is 4.41. The first-order chi connectivity index (χ1) is 8.06. The number of methoxy groups -OCH3 is 1. The molecule has 6 nitrogen and oxygen atoms in total. The molecule has 1 rings (SSSR count). The van der Waals surface area contributed by atoms with Gasteiger partial charge in [0.1, 0.15) is 5.56 Å². The van der Waals surface area contributed by atoms with Crippen molar-refractivity contribution in [2.75, 3.05) is 7.11 Å². The van der Waals surface area contributed by atoms with E-state index in [0.29, 0.717) is 0 Å². The van der Waals surface area contributed by atoms with Crippen LogP contribution in [-0.4, -0.2) is 18.0 Å². The molecule has 0 radical (unpaired) electrons. The van der Waals surface area contributed by atoms with E-state index in [4.69, 9.17) is 16.9 Å². The number of rotatable bonds is 3. The molecule has 0 spiro atoms. The summed E-state index contributed by atoms with van der Waals surface area (Å²) in [6.07, 6.45) is 0. The van der Waals surface area contributed by atoms with E-state index in [9.17, 15) is 14.9 Å². The Bertz CT molecular complexity index is 522. The van der Waals surface area contributed by atoms with Crippen LogP contribution in [0.1, 0.15) is 21.5 Å². The maximum absolute atomic E-state index is 11.5. The molecule has 0 aliphatic rings. The van der Waals surface area contributed by atoms with Gasteiger partial charge in [-0.2, -0.15) is 5.26 Å². The molecule has 0 atom stereocenters. The second-order valence-corrected chi connectivity index (χ2v) is 3.25. The van der Waals surface area contributed by atoms with Gasteiger partial charge >= 0.3 is 5.97 Å². The van der Waals surface area contributed by atoms with Crippen LogP contribution in [0.4, 0.5) is 5.69 Å². The van der Waals surface area contributed by atoms with Crippen molar-refractivity contribution in [2.45, 2.75) is 5.88 Å². The van der Waals surface area contributed by atoms with E-state index in [2.05, 4.69) is 4.74 Å². The van der Waals surface area contributed by atoms with E-state index in [-0.39, 0.29) is 22.6 Å². The maximum atomic E-state index is 11.5. The van der Waals surface area contributed by atoms with Crippen molar-refractivity contribution in [3.8, 4) is 6.07 Å². The van der Waals surface area contributed by atoms with Crippen molar-refractivity contribution >= 4 is 23.3 Å². The van der Waals surface area contributed by atoms with Crippen LogP contribution in [-0.2, 0) is 10.6 Å². The van der Waals surface area contributed by atoms with Gasteiger partial charge in [-0.15, -0.1) is 11.6 Å². The topological polar surface area (TPSA) is 93.2 Å². The molecular formula is C10H7ClN2O4. The lowest BCUT2D eigenvalue weighted by molar-refractivity contribution is -0.385. The van der Waals surface area contributed by atoms with Crippen molar-refractivity contribution in [1.82, 2.24) is 0 Å². The highest BCUT2D eigenvalue weighted by Crippen LogP contribution is 2.27. The Kier molecular flexibility index (Phi) is 4.01. The van der Waals surface area contributed by atoms with Crippen molar-refractivity contribution in [2.24, 2.45) is 0 Å². The Hall–Kier alpha value is -2.13. The molecule has 7 heteroatoms. The number of nitro benzene ring substituents is 1. The smallest absolute Gasteiger partial charge is 0.345 e. The highest BCUT2D eigenvalue weighted by atomic mass is 35.5. The summed E-state index contributed by atoms with van der Waals surface area (Å²) in [7, 11) is 1.10. The number of carbonyl (C=O) groups excluding carboxylic acids is 1. The molecule has 0 saturated carbocycles. The molecule has 0 heterocycles. The highest BCUT2D eigenvalue weighted by molar-refractivity contribution is 6.18. The van der Waals surface area contributed by atoms with Gasteiger partial charge in [-0.3, -0.25) is 10.1 Å². The van der Waals surface area contributed by atoms with E-state index in [1.165, 1.54) is 6.07 Å². The summed E-state index contributed by atoms with van der Waals surface area (Å²) >= 11 is 5.61. The maximum Gasteiger partial charge on any atom is 0.345 e. The van der Waals surface area contributed by atoms with E-state index >= 15 is 0 Å². The van der Waals surface area contributed by atoms with Gasteiger partial charge in [0.25, 0.3) is 5.69 Å². The number of benzene rings is 1. The van der Waals surface area contributed by atoms with E-state index < -0.39 is 16.6 Å². The quantitative estimate of drug-likeness (QED) is 0.356. The molecule has 17 heavy (non-hydrogen) atoms. The molecular weight excluding hydrogens is 248 g/mol. The third-order valence-electron chi connectivity index (χ3n) is 2.13. The van der Waals surface area contributed by atoms with Crippen LogP contribution in [0, 0.1) is 21.4 Å². The summed E-state index contributed by atoms with van der Waals surface area (Å²) in [5.74, 6) is -1.07. The normalized spacial score (nSPS) is 9.47. The number of hydrogen-bond donors (Lipinski definition) is 0. The second-order valence-electron chi connectivity index (χ2n) is 2.98. The molecule has 0 aliphatic heterocycles. The van der Waals surface area contributed by atoms with Crippen molar-refractivity contribution in [3.63, 3.8) is 0 Å². The van der Waals surface area contributed by atoms with Gasteiger partial charge in [0.15, 0.2) is 0 Å². The minimum atomic E-state index is -0.885. The Morgan fingerprint density at radius 3 is 2.71 bits per heavy atom. The fraction of sp³-hybridized carbons (Fsp3) is 0.200. The molecule has 0 fully saturated rings. The number of nitro groups is 1. The molecule has 0 unspecified atom stereocenters. The molecule has 0 aliphatic carbocycles. The summed E-state index contributed by atoms with van der Waals surface area (Å²) in [6, 6.07) is 4.15. The molecule has 0 bridgehead atoms. The lowest BCUT2D eigenvalue weighted by Gasteiger charge is -2.07. The first kappa shape index (κ1) is 12.9. The van der Waals surface area contributed by atoms with Gasteiger partial charge in [0, 0.05) is 17.5 Å². The van der Waals surface area contributed by atoms with Crippen molar-refractivity contribution in [1.29, 1.82) is 5.26 Å². The van der Waals surface area contributed by atoms with Crippen molar-refractivity contribution in [3.05, 3.63) is 38.9 Å². The van der Waals surface area contributed by atoms with Crippen LogP contribution in [0.15, 0.2) is 12.1 Å². The van der Waals surface area contributed by atoms with Gasteiger partial charge in [-0.25, -0.2) is 4.79 Å². The number of alkyl halides is 1. The summed E-state index contributed by atoms with van der Waals surface area (Å²) in [4.78, 5) is 21.6. The van der Waals surface area contributed by atoms with Gasteiger partial charge in [0.05, 0.1) is 23.7 Å². The van der Waals surface area contributed by atoms with Gasteiger partial charge in [-0.05, 0) is 6.07 Å². The zero-order valence-electron chi connectivity index (χ0n) is 8.77. The summed E-state index contributed by atoms with van der Waals surface area (Å²) in [6.45, 7) is 0. The van der Waals surface area contributed by atoms with Crippen LogP contribution >= 0.6 is 11.6 Å². The Balaban J connectivity index is 3.63. The fourth-order valence-electron chi connectivity index (χ4n) is 1.36. The Labute approximate surface area is 102 Å². The fourth-order valence-corrected chi connectivity index (χ4v) is 1.64. The lowest BCUT2D eigenvalue weighted by Crippen LogP contribution is -2.10. The van der Waals surface area contributed by atoms with Gasteiger partial charge in [0.2, 0.25) is 0 Å². The number of carbonyl (C=O) groups is 1. The van der Waals surface area contributed by atoms with Gasteiger partial charge in [-0.1, -0.05) is 0 Å². The average Bonchev–Trinajstić information content (AvgIpc) is 2.35. The Morgan fingerprint density at radius 1 is 1.65 bits per heavy atom. The Morgan fingerprint density at radius 2 is 2.29 bits per heavy atom. The molecule has 88 valence electrons. The van der Waals surface area contributed by atoms with E-state index in [0.717, 1.165) is 13.2 Å². The standard InChI is InChI=1S/C10H7ClN2O4/c1-17-10(14)9-7(4-11)6(5-12)2-3-8(9)13(15)16/h2-3H,4H2,1H3. The van der Waals surface area contributed by atoms with Crippen LogP contribution in [0.5, 0.6) is 0 Å². The largest absolute Gasteiger partial charge is 0.465 e. The lowest BCUT2D eigenvalue weighted by atomic mass is 10.0. The zero-order chi connectivity index (χ0) is 13.0. The molecule has 0 amide bonds. The van der Waals surface area contributed by atoms with Crippen LogP contribution in [0.25, 0.3) is 0 Å². The predicted octanol–water partition coefficient (Wildman–Crippen LogP) is 1.99. The predicted molar refractivity (Wildman–Crippen MR) is 58.7 cm³/mol. The molecule has 0 N–H and O–H groups in total. The van der Waals surface area contributed by atoms with Crippen LogP contribution < -0.4 is 0 Å². The van der Waals surface area contributed by atoms with Crippen LogP contribution in [0.3, 0.4) is 0 Å². The molecule has 0 aromatic heterocycles. The minimum absolute atomic E-state index is 0.107. The number of halogens is 1. The monoisotopic (exact) mass is 254 g/mol. The first-order valence-corrected chi connectivity index (χ1v) is 4.94. The average molecular weight is 255 g/mol. The number of esters is 1. The second kappa shape index (κ2) is 5.27.